The van der Waals surface area contributed by atoms with Crippen molar-refractivity contribution in [3.05, 3.63) is 71.8 Å². The van der Waals surface area contributed by atoms with Crippen molar-refractivity contribution in [3.8, 4) is 17.2 Å². The van der Waals surface area contributed by atoms with E-state index in [1.165, 1.54) is 32.2 Å². The predicted molar refractivity (Wildman–Crippen MR) is 182 cm³/mol. The third-order valence-corrected chi connectivity index (χ3v) is 9.53. The van der Waals surface area contributed by atoms with Crippen LogP contribution in [0, 0.1) is 20.2 Å². The second kappa shape index (κ2) is 17.1. The van der Waals surface area contributed by atoms with Crippen molar-refractivity contribution >= 4 is 35.7 Å². The van der Waals surface area contributed by atoms with E-state index in [4.69, 9.17) is 24.7 Å². The van der Waals surface area contributed by atoms with Crippen LogP contribution in [0.3, 0.4) is 0 Å². The largest absolute Gasteiger partial charge is 0.507 e. The topological polar surface area (TPSA) is 317 Å². The van der Waals surface area contributed by atoms with E-state index >= 15 is 0 Å². The number of aliphatic hydroxyl groups is 2. The molecule has 0 spiro atoms. The van der Waals surface area contributed by atoms with Gasteiger partial charge in [0.25, 0.3) is 10.2 Å². The number of benzene rings is 2. The van der Waals surface area contributed by atoms with Gasteiger partial charge in [-0.15, -0.1) is 32.6 Å². The first-order valence-corrected chi connectivity index (χ1v) is 16.6. The number of aliphatic hydroxyl groups excluding tert-OH is 1. The maximum atomic E-state index is 13.9. The van der Waals surface area contributed by atoms with E-state index in [1.807, 2.05) is 0 Å². The lowest BCUT2D eigenvalue weighted by Gasteiger charge is -2.42. The number of ether oxygens (including phenoxy) is 4. The van der Waals surface area contributed by atoms with Gasteiger partial charge in [0.2, 0.25) is 11.6 Å². The van der Waals surface area contributed by atoms with Gasteiger partial charge in [-0.2, -0.15) is 0 Å². The zero-order chi connectivity index (χ0) is 39.6. The lowest BCUT2D eigenvalue weighted by Crippen LogP contribution is -2.53. The highest BCUT2D eigenvalue weighted by Crippen LogP contribution is 2.52. The van der Waals surface area contributed by atoms with Crippen molar-refractivity contribution in [3.63, 3.8) is 0 Å². The first-order chi connectivity index (χ1) is 25.5. The van der Waals surface area contributed by atoms with Gasteiger partial charge in [0.15, 0.2) is 18.7 Å². The smallest absolute Gasteiger partial charge is 0.306 e. The number of aromatic hydroxyl groups is 2. The summed E-state index contributed by atoms with van der Waals surface area (Å²) in [6, 6.07) is 3.37. The Bertz CT molecular complexity index is 1860. The van der Waals surface area contributed by atoms with E-state index in [9.17, 15) is 59.8 Å². The number of halogens is 1. The molecule has 55 heavy (non-hydrogen) atoms. The molecule has 21 nitrogen and oxygen atoms in total. The standard InChI is InChI=1S/C33H37N3O18.ClH/c1-14-28(39)18(34)9-23(52-14)53-20-11-33(44,21(37)13-50-22(38)8-3-5-15(54-36(47)48)12-51-35(45)46)10-17-25(20)32(43)27-26(30(17)41)29(40)16-6-4-7-19(49-2)24(16)31(27)42;/h4,6-7,14-15,18,20,23,28,39,41,43-44H,3,5,8-13,34H2,1-2H3;1H/t14-,15?,18-,20-,23-,28+,33-;/m0./s1. The number of hydrogen-bond acceptors (Lipinski definition) is 19. The van der Waals surface area contributed by atoms with Crippen LogP contribution in [-0.4, -0.2) is 110 Å². The Hall–Kier alpha value is -5.19. The Labute approximate surface area is 316 Å². The molecule has 0 saturated carbocycles. The van der Waals surface area contributed by atoms with Crippen molar-refractivity contribution in [2.75, 3.05) is 20.3 Å². The number of carbonyl (C=O) groups excluding carboxylic acids is 4. The van der Waals surface area contributed by atoms with Crippen molar-refractivity contribution < 1.29 is 78.4 Å². The molecule has 5 rings (SSSR count). The number of hydrogen-bond donors (Lipinski definition) is 5. The maximum Gasteiger partial charge on any atom is 0.306 e. The number of methoxy groups -OCH3 is 1. The number of carbonyl (C=O) groups is 4. The molecule has 1 saturated heterocycles. The van der Waals surface area contributed by atoms with E-state index in [0.29, 0.717) is 0 Å². The number of ketones is 3. The van der Waals surface area contributed by atoms with E-state index < -0.39 is 131 Å². The highest BCUT2D eigenvalue weighted by molar-refractivity contribution is 6.31. The lowest BCUT2D eigenvalue weighted by atomic mass is 9.72. The molecule has 0 bridgehead atoms. The fourth-order valence-electron chi connectivity index (χ4n) is 6.86. The summed E-state index contributed by atoms with van der Waals surface area (Å²) in [6.07, 6.45) is -8.30. The molecule has 1 aliphatic heterocycles. The Morgan fingerprint density at radius 3 is 2.42 bits per heavy atom. The first kappa shape index (κ1) is 42.6. The van der Waals surface area contributed by atoms with Crippen molar-refractivity contribution in [2.24, 2.45) is 5.73 Å². The fourth-order valence-corrected chi connectivity index (χ4v) is 6.86. The molecule has 2 aromatic carbocycles. The average molecular weight is 800 g/mol. The molecule has 0 amide bonds. The van der Waals surface area contributed by atoms with E-state index in [1.54, 1.807) is 0 Å². The predicted octanol–water partition coefficient (Wildman–Crippen LogP) is 0.929. The summed E-state index contributed by atoms with van der Waals surface area (Å²) in [4.78, 5) is 83.3. The molecule has 1 heterocycles. The summed E-state index contributed by atoms with van der Waals surface area (Å²) in [5, 5.41) is 64.2. The lowest BCUT2D eigenvalue weighted by molar-refractivity contribution is -0.790. The van der Waals surface area contributed by atoms with Gasteiger partial charge in [0, 0.05) is 48.4 Å². The van der Waals surface area contributed by atoms with Gasteiger partial charge < -0.3 is 54.8 Å². The summed E-state index contributed by atoms with van der Waals surface area (Å²) < 4.78 is 22.2. The van der Waals surface area contributed by atoms with Crippen molar-refractivity contribution in [1.29, 1.82) is 0 Å². The Morgan fingerprint density at radius 1 is 1.09 bits per heavy atom. The van der Waals surface area contributed by atoms with Gasteiger partial charge in [-0.25, -0.2) is 0 Å². The third kappa shape index (κ3) is 8.71. The van der Waals surface area contributed by atoms with E-state index in [2.05, 4.69) is 9.68 Å². The van der Waals surface area contributed by atoms with Gasteiger partial charge in [-0.05, 0) is 25.8 Å². The highest BCUT2D eigenvalue weighted by Gasteiger charge is 2.50. The number of rotatable bonds is 15. The molecule has 2 aliphatic carbocycles. The van der Waals surface area contributed by atoms with Crippen LogP contribution in [0.4, 0.5) is 0 Å². The van der Waals surface area contributed by atoms with E-state index in [-0.39, 0.29) is 59.7 Å². The van der Waals surface area contributed by atoms with Crippen molar-refractivity contribution in [1.82, 2.24) is 0 Å². The molecule has 2 aromatic rings. The Morgan fingerprint density at radius 2 is 1.78 bits per heavy atom. The monoisotopic (exact) mass is 799 g/mol. The van der Waals surface area contributed by atoms with Gasteiger partial charge in [0.1, 0.15) is 35.6 Å². The molecule has 0 radical (unpaired) electrons. The fraction of sp³-hybridized carbons (Fsp3) is 0.515. The molecule has 7 atom stereocenters. The molecule has 22 heteroatoms. The zero-order valence-corrected chi connectivity index (χ0v) is 30.1. The van der Waals surface area contributed by atoms with Gasteiger partial charge >= 0.3 is 5.97 Å². The number of phenolic OH excluding ortho intramolecular Hbond substituents is 2. The Balaban J connectivity index is 0.00000673. The highest BCUT2D eigenvalue weighted by atomic mass is 35.5. The third-order valence-electron chi connectivity index (χ3n) is 9.53. The van der Waals surface area contributed by atoms with Gasteiger partial charge in [-0.3, -0.25) is 19.2 Å². The number of nitrogens with two attached hydrogens (primary N) is 1. The molecular weight excluding hydrogens is 762 g/mol. The molecule has 1 unspecified atom stereocenters. The van der Waals surface area contributed by atoms with Crippen LogP contribution in [0.25, 0.3) is 0 Å². The van der Waals surface area contributed by atoms with Crippen molar-refractivity contribution in [2.45, 2.75) is 87.8 Å². The molecule has 6 N–H and O–H groups in total. The number of esters is 1. The van der Waals surface area contributed by atoms with Crippen LogP contribution in [-0.2, 0) is 39.9 Å². The SMILES string of the molecule is COc1cccc2c1C(=O)c1c(O)c3c(c(O)c1C2=O)C[C@@](O)(C(=O)COC(=O)CCCC(CO[N+](=O)[O-])O[N+](=O)[O-])C[C@@H]3O[C@H]1C[C@H](N)[C@H](O)[C@H](C)O1.Cl. The second-order valence-corrected chi connectivity index (χ2v) is 13.0. The molecular formula is C33H38ClN3O18. The van der Waals surface area contributed by atoms with Crippen LogP contribution < -0.4 is 10.5 Å². The minimum atomic E-state index is -2.48. The summed E-state index contributed by atoms with van der Waals surface area (Å²) in [5.74, 6) is -5.36. The number of fused-ring (bicyclic) bond motifs is 3. The Kier molecular flexibility index (Phi) is 13.2. The van der Waals surface area contributed by atoms with Crippen LogP contribution in [0.15, 0.2) is 18.2 Å². The molecule has 1 fully saturated rings. The normalized spacial score (nSPS) is 24.6. The van der Waals surface area contributed by atoms with Crippen LogP contribution in [0.2, 0.25) is 0 Å². The summed E-state index contributed by atoms with van der Waals surface area (Å²) in [7, 11) is 1.28. The van der Waals surface area contributed by atoms with E-state index in [0.717, 1.165) is 0 Å². The second-order valence-electron chi connectivity index (χ2n) is 13.0. The van der Waals surface area contributed by atoms with Gasteiger partial charge in [0.05, 0.1) is 42.1 Å². The summed E-state index contributed by atoms with van der Waals surface area (Å²) >= 11 is 0. The van der Waals surface area contributed by atoms with Crippen LogP contribution in [0.5, 0.6) is 17.2 Å². The van der Waals surface area contributed by atoms with Gasteiger partial charge in [-0.1, -0.05) is 12.1 Å². The minimum absolute atomic E-state index is 0. The maximum absolute atomic E-state index is 13.9. The zero-order valence-electron chi connectivity index (χ0n) is 29.2. The number of Topliss-reactive ketones (excluding diaryl/α,β-unsaturated/α-hetero) is 1. The summed E-state index contributed by atoms with van der Waals surface area (Å²) in [5.41, 5.74) is 1.58. The first-order valence-electron chi connectivity index (χ1n) is 16.6. The molecule has 300 valence electrons. The number of nitrogens with zero attached hydrogens (tertiary/aromatic N) is 2. The average Bonchev–Trinajstić information content (AvgIpc) is 3.11. The van der Waals surface area contributed by atoms with Crippen LogP contribution in [0.1, 0.15) is 88.1 Å². The molecule has 0 aromatic heterocycles. The quantitative estimate of drug-likeness (QED) is 0.0618. The minimum Gasteiger partial charge on any atom is -0.507 e. The molecule has 3 aliphatic rings. The number of phenols is 2. The summed E-state index contributed by atoms with van der Waals surface area (Å²) in [6.45, 7) is -0.288. The van der Waals surface area contributed by atoms with Crippen LogP contribution >= 0.6 is 12.4 Å².